The molecular weight excluding hydrogens is 384 g/mol. The first-order chi connectivity index (χ1) is 15.7. The van der Waals surface area contributed by atoms with E-state index in [9.17, 15) is 0 Å². The van der Waals surface area contributed by atoms with Crippen LogP contribution in [-0.4, -0.2) is 0 Å². The smallest absolute Gasteiger partial charge is 0.0181 e. The molecule has 0 bridgehead atoms. The van der Waals surface area contributed by atoms with Crippen LogP contribution in [0, 0.1) is 0 Å². The highest BCUT2D eigenvalue weighted by Crippen LogP contribution is 2.15. The fourth-order valence-electron chi connectivity index (χ4n) is 3.60. The summed E-state index contributed by atoms with van der Waals surface area (Å²) in [7, 11) is 0. The topological polar surface area (TPSA) is 0 Å². The third kappa shape index (κ3) is 6.82. The maximum absolute atomic E-state index is 2.26. The molecule has 0 aliphatic carbocycles. The van der Waals surface area contributed by atoms with Crippen molar-refractivity contribution in [3.05, 3.63) is 132 Å². The quantitative estimate of drug-likeness (QED) is 0.274. The first-order valence-corrected chi connectivity index (χ1v) is 11.7. The minimum atomic E-state index is 1.12. The summed E-state index contributed by atoms with van der Waals surface area (Å²) in [5.41, 5.74) is 4.27. The average molecular weight is 419 g/mol. The molecular formula is C32H34. The van der Waals surface area contributed by atoms with Gasteiger partial charge in [-0.25, -0.2) is 0 Å². The summed E-state index contributed by atoms with van der Waals surface area (Å²) in [5.74, 6) is 0. The van der Waals surface area contributed by atoms with Crippen LogP contribution in [0.1, 0.15) is 37.5 Å². The van der Waals surface area contributed by atoms with Gasteiger partial charge in [-0.05, 0) is 57.5 Å². The molecule has 0 radical (unpaired) electrons. The minimum Gasteiger partial charge on any atom is -0.0616 e. The second-order valence-corrected chi connectivity index (χ2v) is 7.91. The van der Waals surface area contributed by atoms with Crippen LogP contribution in [0.2, 0.25) is 0 Å². The molecule has 0 atom stereocenters. The van der Waals surface area contributed by atoms with Crippen molar-refractivity contribution in [3.8, 4) is 0 Å². The maximum Gasteiger partial charge on any atom is -0.0181 e. The molecule has 0 spiro atoms. The molecule has 0 N–H and O–H groups in total. The standard InChI is InChI=1S/C12H12.C10H8.C10H14/c1-2-10-7-8-11-5-3-4-6-12(11)9-10;1-2-6-10-8-4-3-7-9(10)5-1;1-3-9-5-7-10(4-2)8-6-9/h3-9H,2H2,1H3;1-8H;5-8H,3-4H2,1-2H3. The van der Waals surface area contributed by atoms with Gasteiger partial charge < -0.3 is 0 Å². The second-order valence-electron chi connectivity index (χ2n) is 7.91. The van der Waals surface area contributed by atoms with Crippen molar-refractivity contribution in [2.45, 2.75) is 40.0 Å². The number of aryl methyl sites for hydroxylation is 3. The van der Waals surface area contributed by atoms with Crippen LogP contribution in [0.3, 0.4) is 0 Å². The fraction of sp³-hybridized carbons (Fsp3) is 0.188. The molecule has 32 heavy (non-hydrogen) atoms. The number of benzene rings is 5. The Kier molecular flexibility index (Phi) is 9.07. The first kappa shape index (κ1) is 23.3. The molecule has 0 aliphatic rings. The third-order valence-corrected chi connectivity index (χ3v) is 5.72. The Bertz CT molecular complexity index is 1130. The largest absolute Gasteiger partial charge is 0.0616 e. The van der Waals surface area contributed by atoms with E-state index in [1.54, 1.807) is 0 Å². The van der Waals surface area contributed by atoms with E-state index < -0.39 is 0 Å². The Morgan fingerprint density at radius 2 is 0.656 bits per heavy atom. The summed E-state index contributed by atoms with van der Waals surface area (Å²) >= 11 is 0. The van der Waals surface area contributed by atoms with Gasteiger partial charge in [-0.2, -0.15) is 0 Å². The Morgan fingerprint density at radius 1 is 0.344 bits per heavy atom. The molecule has 5 aromatic carbocycles. The zero-order chi connectivity index (χ0) is 22.6. The van der Waals surface area contributed by atoms with Crippen LogP contribution in [-0.2, 0) is 19.3 Å². The molecule has 0 nitrogen and oxygen atoms in total. The van der Waals surface area contributed by atoms with Gasteiger partial charge in [0.15, 0.2) is 0 Å². The van der Waals surface area contributed by atoms with Crippen LogP contribution in [0.15, 0.2) is 115 Å². The minimum absolute atomic E-state index is 1.12. The summed E-state index contributed by atoms with van der Waals surface area (Å²) in [6.45, 7) is 6.55. The molecule has 0 saturated heterocycles. The van der Waals surface area contributed by atoms with Gasteiger partial charge in [-0.15, -0.1) is 0 Å². The Balaban J connectivity index is 0.000000136. The lowest BCUT2D eigenvalue weighted by Crippen LogP contribution is -1.81. The maximum atomic E-state index is 2.26. The zero-order valence-corrected chi connectivity index (χ0v) is 19.6. The van der Waals surface area contributed by atoms with Crippen molar-refractivity contribution in [3.63, 3.8) is 0 Å². The van der Waals surface area contributed by atoms with Crippen molar-refractivity contribution >= 4 is 21.5 Å². The van der Waals surface area contributed by atoms with Gasteiger partial charge in [0.2, 0.25) is 0 Å². The number of fused-ring (bicyclic) bond motifs is 2. The molecule has 0 saturated carbocycles. The molecule has 0 unspecified atom stereocenters. The highest BCUT2D eigenvalue weighted by Gasteiger charge is 1.92. The molecule has 0 aromatic heterocycles. The molecule has 0 heterocycles. The molecule has 0 fully saturated rings. The third-order valence-electron chi connectivity index (χ3n) is 5.72. The van der Waals surface area contributed by atoms with E-state index in [0.717, 1.165) is 19.3 Å². The van der Waals surface area contributed by atoms with E-state index in [1.807, 2.05) is 0 Å². The van der Waals surface area contributed by atoms with Gasteiger partial charge in [0, 0.05) is 0 Å². The van der Waals surface area contributed by atoms with E-state index in [0.29, 0.717) is 0 Å². The summed E-state index contributed by atoms with van der Waals surface area (Å²) in [4.78, 5) is 0. The molecule has 0 heteroatoms. The van der Waals surface area contributed by atoms with Gasteiger partial charge in [0.25, 0.3) is 0 Å². The van der Waals surface area contributed by atoms with Gasteiger partial charge in [0.05, 0.1) is 0 Å². The van der Waals surface area contributed by atoms with Gasteiger partial charge in [0.1, 0.15) is 0 Å². The predicted octanol–water partition coefficient (Wildman–Crippen LogP) is 9.05. The van der Waals surface area contributed by atoms with Crippen molar-refractivity contribution in [2.75, 3.05) is 0 Å². The van der Waals surface area contributed by atoms with Crippen LogP contribution in [0.5, 0.6) is 0 Å². The zero-order valence-electron chi connectivity index (χ0n) is 19.6. The predicted molar refractivity (Wildman–Crippen MR) is 142 cm³/mol. The van der Waals surface area contributed by atoms with Crippen LogP contribution >= 0.6 is 0 Å². The van der Waals surface area contributed by atoms with Crippen molar-refractivity contribution < 1.29 is 0 Å². The van der Waals surface area contributed by atoms with Crippen LogP contribution in [0.4, 0.5) is 0 Å². The van der Waals surface area contributed by atoms with Gasteiger partial charge in [-0.1, -0.05) is 136 Å². The van der Waals surface area contributed by atoms with Gasteiger partial charge in [-0.3, -0.25) is 0 Å². The Labute approximate surface area is 193 Å². The lowest BCUT2D eigenvalue weighted by molar-refractivity contribution is 1.10. The lowest BCUT2D eigenvalue weighted by Gasteiger charge is -1.99. The van der Waals surface area contributed by atoms with Crippen LogP contribution in [0.25, 0.3) is 21.5 Å². The van der Waals surface area contributed by atoms with Crippen LogP contribution < -0.4 is 0 Å². The van der Waals surface area contributed by atoms with Crippen molar-refractivity contribution in [1.29, 1.82) is 0 Å². The number of rotatable bonds is 3. The van der Waals surface area contributed by atoms with Crippen molar-refractivity contribution in [2.24, 2.45) is 0 Å². The van der Waals surface area contributed by atoms with Gasteiger partial charge >= 0.3 is 0 Å². The van der Waals surface area contributed by atoms with E-state index >= 15 is 0 Å². The normalized spacial score (nSPS) is 10.1. The molecule has 162 valence electrons. The summed E-state index contributed by atoms with van der Waals surface area (Å²) in [6.07, 6.45) is 3.40. The first-order valence-electron chi connectivity index (χ1n) is 11.7. The van der Waals surface area contributed by atoms with E-state index in [-0.39, 0.29) is 0 Å². The lowest BCUT2D eigenvalue weighted by atomic mass is 10.1. The van der Waals surface area contributed by atoms with E-state index in [1.165, 1.54) is 38.2 Å². The number of hydrogen-bond acceptors (Lipinski definition) is 0. The Hall–Kier alpha value is -3.38. The molecule has 5 rings (SSSR count). The molecule has 0 amide bonds. The highest BCUT2D eigenvalue weighted by molar-refractivity contribution is 5.83. The SMILES string of the molecule is CCc1ccc(CC)cc1.CCc1ccc2ccccc2c1.c1ccc2ccccc2c1. The monoisotopic (exact) mass is 418 g/mol. The summed E-state index contributed by atoms with van der Waals surface area (Å²) < 4.78 is 0. The highest BCUT2D eigenvalue weighted by atomic mass is 14.0. The Morgan fingerprint density at radius 3 is 1.03 bits per heavy atom. The average Bonchev–Trinajstić information content (AvgIpc) is 2.89. The summed E-state index contributed by atoms with van der Waals surface area (Å²) in [5, 5.41) is 5.29. The second kappa shape index (κ2) is 12.5. The van der Waals surface area contributed by atoms with Crippen molar-refractivity contribution in [1.82, 2.24) is 0 Å². The van der Waals surface area contributed by atoms with E-state index in [4.69, 9.17) is 0 Å². The fourth-order valence-corrected chi connectivity index (χ4v) is 3.60. The van der Waals surface area contributed by atoms with E-state index in [2.05, 4.69) is 136 Å². The summed E-state index contributed by atoms with van der Waals surface area (Å²) in [6, 6.07) is 40.7. The molecule has 5 aromatic rings. The number of hydrogen-bond donors (Lipinski definition) is 0. The molecule has 0 aliphatic heterocycles.